The number of hydrogen-bond donors (Lipinski definition) is 3. The van der Waals surface area contributed by atoms with E-state index in [0.717, 1.165) is 12.8 Å². The number of aryl methyl sites for hydroxylation is 1. The highest BCUT2D eigenvalue weighted by Gasteiger charge is 2.28. The lowest BCUT2D eigenvalue weighted by Crippen LogP contribution is -2.33. The number of aromatic amines is 2. The van der Waals surface area contributed by atoms with E-state index in [4.69, 9.17) is 0 Å². The van der Waals surface area contributed by atoms with Crippen LogP contribution in [0.2, 0.25) is 0 Å². The number of fused-ring (bicyclic) bond motifs is 1. The molecule has 1 aliphatic rings. The van der Waals surface area contributed by atoms with Crippen LogP contribution in [0.5, 0.6) is 0 Å². The number of halogens is 1. The number of nitrogens with zero attached hydrogens (tertiary/aromatic N) is 4. The van der Waals surface area contributed by atoms with Crippen LogP contribution in [-0.4, -0.2) is 35.6 Å². The molecule has 1 amide bonds. The van der Waals surface area contributed by atoms with Crippen LogP contribution in [0, 0.1) is 5.82 Å². The van der Waals surface area contributed by atoms with E-state index in [0.29, 0.717) is 29.5 Å². The summed E-state index contributed by atoms with van der Waals surface area (Å²) in [7, 11) is 0. The average Bonchev–Trinajstić information content (AvgIpc) is 3.55. The predicted octanol–water partition coefficient (Wildman–Crippen LogP) is 1.84. The minimum absolute atomic E-state index is 0.0287. The topological polar surface area (TPSA) is 138 Å². The molecular formula is C22H20FN7O3. The van der Waals surface area contributed by atoms with Gasteiger partial charge in [-0.05, 0) is 50.1 Å². The number of carbonyl (C=O) groups is 1. The molecule has 5 rings (SSSR count). The fourth-order valence-corrected chi connectivity index (χ4v) is 3.72. The van der Waals surface area contributed by atoms with E-state index in [1.54, 1.807) is 25.1 Å². The third-order valence-electron chi connectivity index (χ3n) is 5.58. The van der Waals surface area contributed by atoms with Crippen molar-refractivity contribution in [1.82, 2.24) is 35.0 Å². The summed E-state index contributed by atoms with van der Waals surface area (Å²) in [6.07, 6.45) is 1.90. The summed E-state index contributed by atoms with van der Waals surface area (Å²) in [5.74, 6) is 0.125. The molecule has 1 fully saturated rings. The molecule has 1 aromatic carbocycles. The van der Waals surface area contributed by atoms with Crippen LogP contribution in [0.4, 0.5) is 4.39 Å². The summed E-state index contributed by atoms with van der Waals surface area (Å²) in [5.41, 5.74) is 0.471. The molecule has 0 radical (unpaired) electrons. The van der Waals surface area contributed by atoms with Gasteiger partial charge in [0.2, 0.25) is 0 Å². The van der Waals surface area contributed by atoms with Crippen molar-refractivity contribution in [3.05, 3.63) is 74.1 Å². The van der Waals surface area contributed by atoms with Crippen molar-refractivity contribution in [3.63, 3.8) is 0 Å². The van der Waals surface area contributed by atoms with Crippen molar-refractivity contribution in [2.75, 3.05) is 0 Å². The molecule has 3 aromatic heterocycles. The summed E-state index contributed by atoms with van der Waals surface area (Å²) < 4.78 is 14.5. The first-order valence-electron chi connectivity index (χ1n) is 10.6. The van der Waals surface area contributed by atoms with Crippen LogP contribution in [0.15, 0.2) is 39.9 Å². The number of aromatic nitrogens is 6. The zero-order valence-electron chi connectivity index (χ0n) is 17.7. The maximum atomic E-state index is 13.1. The minimum atomic E-state index is -0.655. The Kier molecular flexibility index (Phi) is 5.08. The van der Waals surface area contributed by atoms with Crippen LogP contribution in [0.1, 0.15) is 47.6 Å². The van der Waals surface area contributed by atoms with Crippen molar-refractivity contribution >= 4 is 16.9 Å². The number of pyridine rings is 1. The summed E-state index contributed by atoms with van der Waals surface area (Å²) in [6, 6.07) is 7.37. The standard InChI is InChI=1S/C22H20FN7O3/c1-2-30-19-17(21(32)27-22(30)33)14(9-15(25-19)11-3-4-11)20(31)24-10-16-26-18(29-28-16)12-5-7-13(23)8-6-12/h5-9,11H,2-4,10H2,1H3,(H,24,31)(H,26,28,29)(H,27,32,33). The van der Waals surface area contributed by atoms with E-state index in [1.165, 1.54) is 16.7 Å². The largest absolute Gasteiger partial charge is 0.345 e. The molecule has 0 spiro atoms. The van der Waals surface area contributed by atoms with Crippen molar-refractivity contribution in [2.24, 2.45) is 0 Å². The van der Waals surface area contributed by atoms with Gasteiger partial charge < -0.3 is 5.32 Å². The zero-order valence-corrected chi connectivity index (χ0v) is 17.7. The predicted molar refractivity (Wildman–Crippen MR) is 117 cm³/mol. The Morgan fingerprint density at radius 2 is 1.97 bits per heavy atom. The monoisotopic (exact) mass is 449 g/mol. The molecule has 33 heavy (non-hydrogen) atoms. The Labute approximate surface area is 185 Å². The van der Waals surface area contributed by atoms with E-state index in [-0.39, 0.29) is 34.9 Å². The van der Waals surface area contributed by atoms with E-state index in [9.17, 15) is 18.8 Å². The van der Waals surface area contributed by atoms with Gasteiger partial charge in [0.15, 0.2) is 11.5 Å². The van der Waals surface area contributed by atoms with Gasteiger partial charge in [0.25, 0.3) is 11.5 Å². The molecule has 3 heterocycles. The zero-order chi connectivity index (χ0) is 23.1. The Bertz CT molecular complexity index is 1480. The first-order chi connectivity index (χ1) is 15.9. The fraction of sp³-hybridized carbons (Fsp3) is 0.273. The lowest BCUT2D eigenvalue weighted by Gasteiger charge is -2.12. The fourth-order valence-electron chi connectivity index (χ4n) is 3.72. The van der Waals surface area contributed by atoms with E-state index >= 15 is 0 Å². The third-order valence-corrected chi connectivity index (χ3v) is 5.58. The molecule has 0 saturated heterocycles. The Morgan fingerprint density at radius 1 is 1.21 bits per heavy atom. The summed E-state index contributed by atoms with van der Waals surface area (Å²) in [5, 5.41) is 9.66. The second kappa shape index (κ2) is 8.08. The van der Waals surface area contributed by atoms with Crippen LogP contribution < -0.4 is 16.6 Å². The van der Waals surface area contributed by atoms with Crippen LogP contribution in [0.3, 0.4) is 0 Å². The molecule has 1 saturated carbocycles. The minimum Gasteiger partial charge on any atom is -0.345 e. The third kappa shape index (κ3) is 3.93. The Morgan fingerprint density at radius 3 is 2.67 bits per heavy atom. The number of rotatable bonds is 6. The van der Waals surface area contributed by atoms with Gasteiger partial charge in [-0.15, -0.1) is 0 Å². The number of amides is 1. The van der Waals surface area contributed by atoms with Gasteiger partial charge in [0, 0.05) is 23.7 Å². The molecule has 0 unspecified atom stereocenters. The summed E-state index contributed by atoms with van der Waals surface area (Å²) in [4.78, 5) is 49.1. The van der Waals surface area contributed by atoms with Gasteiger partial charge in [0.1, 0.15) is 11.6 Å². The molecule has 10 nitrogen and oxygen atoms in total. The SMILES string of the molecule is CCn1c(=O)[nH]c(=O)c2c(C(=O)NCc3nc(-c4ccc(F)cc4)n[nH]3)cc(C3CC3)nc21. The molecule has 4 aromatic rings. The van der Waals surface area contributed by atoms with Crippen molar-refractivity contribution < 1.29 is 9.18 Å². The van der Waals surface area contributed by atoms with Crippen LogP contribution in [-0.2, 0) is 13.1 Å². The molecule has 1 aliphatic carbocycles. The Balaban J connectivity index is 1.46. The number of carbonyl (C=O) groups excluding carboxylic acids is 1. The number of hydrogen-bond acceptors (Lipinski definition) is 6. The Hall–Kier alpha value is -4.15. The van der Waals surface area contributed by atoms with E-state index in [2.05, 4.69) is 30.5 Å². The molecule has 0 bridgehead atoms. The van der Waals surface area contributed by atoms with Gasteiger partial charge in [-0.25, -0.2) is 19.2 Å². The summed E-state index contributed by atoms with van der Waals surface area (Å²) >= 11 is 0. The van der Waals surface area contributed by atoms with E-state index < -0.39 is 17.2 Å². The maximum absolute atomic E-state index is 13.1. The first kappa shape index (κ1) is 20.7. The van der Waals surface area contributed by atoms with Gasteiger partial charge in [0.05, 0.1) is 17.5 Å². The molecule has 168 valence electrons. The normalized spacial score (nSPS) is 13.4. The number of benzene rings is 1. The van der Waals surface area contributed by atoms with E-state index in [1.807, 2.05) is 0 Å². The highest BCUT2D eigenvalue weighted by Crippen LogP contribution is 2.39. The molecule has 3 N–H and O–H groups in total. The van der Waals surface area contributed by atoms with Crippen LogP contribution in [0.25, 0.3) is 22.4 Å². The molecular weight excluding hydrogens is 429 g/mol. The lowest BCUT2D eigenvalue weighted by atomic mass is 10.1. The number of nitrogens with one attached hydrogen (secondary N) is 3. The molecule has 0 aliphatic heterocycles. The second-order valence-electron chi connectivity index (χ2n) is 7.87. The maximum Gasteiger partial charge on any atom is 0.329 e. The van der Waals surface area contributed by atoms with Crippen molar-refractivity contribution in [2.45, 2.75) is 38.8 Å². The smallest absolute Gasteiger partial charge is 0.329 e. The van der Waals surface area contributed by atoms with Crippen molar-refractivity contribution in [1.29, 1.82) is 0 Å². The lowest BCUT2D eigenvalue weighted by molar-refractivity contribution is 0.0951. The highest BCUT2D eigenvalue weighted by atomic mass is 19.1. The van der Waals surface area contributed by atoms with Gasteiger partial charge in [-0.1, -0.05) is 0 Å². The molecule has 11 heteroatoms. The quantitative estimate of drug-likeness (QED) is 0.411. The summed E-state index contributed by atoms with van der Waals surface area (Å²) in [6.45, 7) is 2.10. The first-order valence-corrected chi connectivity index (χ1v) is 10.6. The molecule has 0 atom stereocenters. The van der Waals surface area contributed by atoms with Crippen LogP contribution >= 0.6 is 0 Å². The highest BCUT2D eigenvalue weighted by molar-refractivity contribution is 6.05. The number of H-pyrrole nitrogens is 2. The van der Waals surface area contributed by atoms with Gasteiger partial charge in [-0.2, -0.15) is 5.10 Å². The average molecular weight is 449 g/mol. The van der Waals surface area contributed by atoms with Gasteiger partial charge in [-0.3, -0.25) is 24.2 Å². The van der Waals surface area contributed by atoms with Gasteiger partial charge >= 0.3 is 5.69 Å². The second-order valence-corrected chi connectivity index (χ2v) is 7.87. The van der Waals surface area contributed by atoms with Crippen molar-refractivity contribution in [3.8, 4) is 11.4 Å².